The van der Waals surface area contributed by atoms with Crippen LogP contribution in [0.3, 0.4) is 0 Å². The van der Waals surface area contributed by atoms with Gasteiger partial charge in [0.25, 0.3) is 0 Å². The first kappa shape index (κ1) is 29.8. The zero-order chi connectivity index (χ0) is 21.3. The maximum Gasteiger partial charge on any atom is 1.00 e. The van der Waals surface area contributed by atoms with Gasteiger partial charge in [-0.15, -0.1) is 0 Å². The van der Waals surface area contributed by atoms with Gasteiger partial charge in [-0.3, -0.25) is 4.79 Å². The normalized spacial score (nSPS) is 11.5. The Kier molecular flexibility index (Phi) is 19.3. The minimum Gasteiger partial charge on any atom is -0.548 e. The molecule has 0 aliphatic carbocycles. The maximum absolute atomic E-state index is 12.6. The molecule has 164 valence electrons. The van der Waals surface area contributed by atoms with Crippen molar-refractivity contribution in [1.29, 1.82) is 0 Å². The second-order valence-electron chi connectivity index (χ2n) is 8.09. The Bertz CT molecular complexity index is 565. The van der Waals surface area contributed by atoms with E-state index in [4.69, 9.17) is 0 Å². The summed E-state index contributed by atoms with van der Waals surface area (Å²) in [6.07, 6.45) is 16.7. The first-order valence-electron chi connectivity index (χ1n) is 11.7. The molecule has 0 N–H and O–H groups in total. The number of para-hydroxylation sites is 1. The van der Waals surface area contributed by atoms with Gasteiger partial charge in [-0.2, -0.15) is 0 Å². The van der Waals surface area contributed by atoms with Crippen molar-refractivity contribution >= 4 is 17.6 Å². The molecule has 1 amide bonds. The van der Waals surface area contributed by atoms with Crippen LogP contribution < -0.4 is 61.4 Å². The van der Waals surface area contributed by atoms with Crippen molar-refractivity contribution < 1.29 is 66.1 Å². The van der Waals surface area contributed by atoms with Gasteiger partial charge >= 0.3 is 51.4 Å². The number of hydrogen-bond acceptors (Lipinski definition) is 3. The number of benzene rings is 1. The molecule has 1 atom stereocenters. The van der Waals surface area contributed by atoms with Crippen molar-refractivity contribution in [2.45, 2.75) is 110 Å². The smallest absolute Gasteiger partial charge is 0.548 e. The molecule has 0 saturated heterocycles. The predicted molar refractivity (Wildman–Crippen MR) is 119 cm³/mol. The van der Waals surface area contributed by atoms with Gasteiger partial charge in [-0.25, -0.2) is 0 Å². The summed E-state index contributed by atoms with van der Waals surface area (Å²) >= 11 is 0. The quantitative estimate of drug-likeness (QED) is 0.276. The monoisotopic (exact) mass is 441 g/mol. The van der Waals surface area contributed by atoms with E-state index < -0.39 is 12.0 Å². The van der Waals surface area contributed by atoms with E-state index in [1.807, 2.05) is 18.2 Å². The summed E-state index contributed by atoms with van der Waals surface area (Å²) in [5.74, 6) is -1.37. The number of unbranched alkanes of at least 4 members (excludes halogenated alkanes) is 12. The van der Waals surface area contributed by atoms with Crippen LogP contribution in [0.15, 0.2) is 30.3 Å². The van der Waals surface area contributed by atoms with E-state index in [1.165, 1.54) is 76.0 Å². The van der Waals surface area contributed by atoms with E-state index in [0.717, 1.165) is 19.3 Å². The van der Waals surface area contributed by atoms with E-state index in [9.17, 15) is 14.7 Å². The molecule has 0 aliphatic heterocycles. The second kappa shape index (κ2) is 19.5. The number of amides is 1. The molecule has 1 rings (SSSR count). The number of carbonyl (C=O) groups is 2. The average molecular weight is 442 g/mol. The van der Waals surface area contributed by atoms with Crippen LogP contribution in [0, 0.1) is 0 Å². The Morgan fingerprint density at radius 1 is 0.800 bits per heavy atom. The summed E-state index contributed by atoms with van der Waals surface area (Å²) in [6, 6.07) is 8.03. The maximum atomic E-state index is 12.6. The number of anilines is 1. The molecule has 0 heterocycles. The Morgan fingerprint density at radius 3 is 1.67 bits per heavy atom. The van der Waals surface area contributed by atoms with E-state index in [2.05, 4.69) is 6.92 Å². The summed E-state index contributed by atoms with van der Waals surface area (Å²) in [4.78, 5) is 25.3. The van der Waals surface area contributed by atoms with Gasteiger partial charge in [-0.1, -0.05) is 102 Å². The standard InChI is InChI=1S/C25H41NO3.K/c1-3-4-5-6-7-8-9-10-11-12-13-14-18-21-24(27)26(22(2)25(28)29)23-19-16-15-17-20-23;/h15-17,19-20,22H,3-14,18,21H2,1-2H3,(H,28,29);/q;+1/p-1/t22-;/m1./s1. The van der Waals surface area contributed by atoms with Crippen molar-refractivity contribution in [1.82, 2.24) is 0 Å². The minimum absolute atomic E-state index is 0. The van der Waals surface area contributed by atoms with Crippen LogP contribution in [0.5, 0.6) is 0 Å². The molecule has 5 heteroatoms. The Balaban J connectivity index is 0.00000841. The van der Waals surface area contributed by atoms with Crippen LogP contribution in [0.2, 0.25) is 0 Å². The molecular weight excluding hydrogens is 401 g/mol. The van der Waals surface area contributed by atoms with E-state index in [1.54, 1.807) is 12.1 Å². The fraction of sp³-hybridized carbons (Fsp3) is 0.680. The van der Waals surface area contributed by atoms with E-state index in [0.29, 0.717) is 12.1 Å². The average Bonchev–Trinajstić information content (AvgIpc) is 2.72. The van der Waals surface area contributed by atoms with Crippen LogP contribution in [0.25, 0.3) is 0 Å². The number of aliphatic carboxylic acids is 1. The molecule has 0 saturated carbocycles. The van der Waals surface area contributed by atoms with Gasteiger partial charge < -0.3 is 14.8 Å². The van der Waals surface area contributed by atoms with Gasteiger partial charge in [0.05, 0.1) is 12.0 Å². The van der Waals surface area contributed by atoms with Crippen LogP contribution >= 0.6 is 0 Å². The number of nitrogens with zero attached hydrogens (tertiary/aromatic N) is 1. The first-order valence-corrected chi connectivity index (χ1v) is 11.7. The van der Waals surface area contributed by atoms with E-state index in [-0.39, 0.29) is 57.3 Å². The van der Waals surface area contributed by atoms with E-state index >= 15 is 0 Å². The summed E-state index contributed by atoms with van der Waals surface area (Å²) in [5, 5.41) is 11.3. The van der Waals surface area contributed by atoms with Crippen LogP contribution in [-0.4, -0.2) is 17.9 Å². The number of carboxylic acid groups (broad SMARTS) is 1. The van der Waals surface area contributed by atoms with Crippen LogP contribution in [-0.2, 0) is 9.59 Å². The SMILES string of the molecule is CCCCCCCCCCCCCCCC(=O)N(c1ccccc1)[C@H](C)C(=O)[O-].[K+]. The molecule has 0 aromatic heterocycles. The van der Waals surface area contributed by atoms with Gasteiger partial charge in [0, 0.05) is 12.1 Å². The van der Waals surface area contributed by atoms with Crippen molar-refractivity contribution in [3.8, 4) is 0 Å². The third kappa shape index (κ3) is 13.3. The summed E-state index contributed by atoms with van der Waals surface area (Å²) in [5.41, 5.74) is 0.615. The summed E-state index contributed by atoms with van der Waals surface area (Å²) < 4.78 is 0. The second-order valence-corrected chi connectivity index (χ2v) is 8.09. The molecule has 30 heavy (non-hydrogen) atoms. The molecule has 1 aromatic rings. The number of carboxylic acids is 1. The van der Waals surface area contributed by atoms with Gasteiger partial charge in [0.15, 0.2) is 0 Å². The molecule has 4 nitrogen and oxygen atoms in total. The summed E-state index contributed by atoms with van der Waals surface area (Å²) in [7, 11) is 0. The van der Waals surface area contributed by atoms with Gasteiger partial charge in [0.1, 0.15) is 0 Å². The number of rotatable bonds is 17. The molecule has 0 radical (unpaired) electrons. The third-order valence-corrected chi connectivity index (χ3v) is 5.53. The summed E-state index contributed by atoms with van der Waals surface area (Å²) in [6.45, 7) is 3.76. The van der Waals surface area contributed by atoms with Crippen molar-refractivity contribution in [2.75, 3.05) is 4.90 Å². The third-order valence-electron chi connectivity index (χ3n) is 5.53. The molecular formula is C25H40KNO3. The topological polar surface area (TPSA) is 60.4 Å². The fourth-order valence-corrected chi connectivity index (χ4v) is 3.69. The Hall–Kier alpha value is -0.204. The fourth-order valence-electron chi connectivity index (χ4n) is 3.69. The predicted octanol–water partition coefficient (Wildman–Crippen LogP) is 2.64. The molecule has 0 fully saturated rings. The van der Waals surface area contributed by atoms with Gasteiger partial charge in [-0.05, 0) is 25.5 Å². The number of hydrogen-bond donors (Lipinski definition) is 0. The number of carbonyl (C=O) groups excluding carboxylic acids is 2. The first-order chi connectivity index (χ1) is 14.1. The molecule has 0 spiro atoms. The van der Waals surface area contributed by atoms with Gasteiger partial charge in [0.2, 0.25) is 5.91 Å². The largest absolute Gasteiger partial charge is 1.00 e. The molecule has 0 aliphatic rings. The van der Waals surface area contributed by atoms with Crippen molar-refractivity contribution in [3.05, 3.63) is 30.3 Å². The minimum atomic E-state index is -1.23. The van der Waals surface area contributed by atoms with Crippen molar-refractivity contribution in [3.63, 3.8) is 0 Å². The molecule has 0 unspecified atom stereocenters. The zero-order valence-electron chi connectivity index (χ0n) is 19.5. The molecule has 1 aromatic carbocycles. The van der Waals surface area contributed by atoms with Crippen molar-refractivity contribution in [2.24, 2.45) is 0 Å². The van der Waals surface area contributed by atoms with Crippen LogP contribution in [0.4, 0.5) is 5.69 Å². The van der Waals surface area contributed by atoms with Crippen LogP contribution in [0.1, 0.15) is 104 Å². The Labute approximate surface area is 226 Å². The molecule has 0 bridgehead atoms. The zero-order valence-corrected chi connectivity index (χ0v) is 22.7. The Morgan fingerprint density at radius 2 is 1.23 bits per heavy atom.